The van der Waals surface area contributed by atoms with Gasteiger partial charge in [-0.25, -0.2) is 0 Å². The average Bonchev–Trinajstić information content (AvgIpc) is 2.25. The highest BCUT2D eigenvalue weighted by Gasteiger charge is 2.15. The van der Waals surface area contributed by atoms with Crippen molar-refractivity contribution in [1.82, 2.24) is 0 Å². The maximum Gasteiger partial charge on any atom is 0.137 e. The van der Waals surface area contributed by atoms with E-state index in [-0.39, 0.29) is 0 Å². The summed E-state index contributed by atoms with van der Waals surface area (Å²) >= 11 is 11.2. The minimum atomic E-state index is -0.876. The lowest BCUT2D eigenvalue weighted by atomic mass is 10.1. The molecule has 15 heavy (non-hydrogen) atoms. The predicted octanol–water partition coefficient (Wildman–Crippen LogP) is 3.31. The van der Waals surface area contributed by atoms with Crippen LogP contribution in [0.4, 0.5) is 0 Å². The van der Waals surface area contributed by atoms with Crippen molar-refractivity contribution in [3.63, 3.8) is 0 Å². The van der Waals surface area contributed by atoms with Crippen LogP contribution in [-0.4, -0.2) is 16.5 Å². The molecule has 84 valence electrons. The molecule has 0 radical (unpaired) electrons. The summed E-state index contributed by atoms with van der Waals surface area (Å²) in [6, 6.07) is 7.16. The van der Waals surface area contributed by atoms with E-state index in [4.69, 9.17) is 27.9 Å². The van der Waals surface area contributed by atoms with E-state index in [2.05, 4.69) is 0 Å². The highest BCUT2D eigenvalue weighted by atomic mass is 35.5. The van der Waals surface area contributed by atoms with E-state index in [9.17, 15) is 5.11 Å². The number of halogens is 2. The van der Waals surface area contributed by atoms with Crippen molar-refractivity contribution < 1.29 is 9.84 Å². The number of ether oxygens (including phenoxy) is 1. The Balaban J connectivity index is 2.73. The number of hydrogen-bond acceptors (Lipinski definition) is 2. The normalized spacial score (nSPS) is 12.9. The van der Waals surface area contributed by atoms with E-state index in [0.29, 0.717) is 12.2 Å². The smallest absolute Gasteiger partial charge is 0.137 e. The van der Waals surface area contributed by atoms with E-state index in [1.165, 1.54) is 0 Å². The molecule has 1 N–H and O–H groups in total. The number of aliphatic hydroxyl groups is 1. The largest absolute Gasteiger partial charge is 0.494 e. The van der Waals surface area contributed by atoms with Crippen LogP contribution in [0.1, 0.15) is 25.0 Å². The zero-order valence-electron chi connectivity index (χ0n) is 8.49. The van der Waals surface area contributed by atoms with Crippen molar-refractivity contribution in [2.75, 3.05) is 6.61 Å². The monoisotopic (exact) mass is 248 g/mol. The fourth-order valence-corrected chi connectivity index (χ4v) is 1.44. The molecule has 0 saturated carbocycles. The summed E-state index contributed by atoms with van der Waals surface area (Å²) in [6.07, 6.45) is 0.0685. The first-order valence-corrected chi connectivity index (χ1v) is 5.71. The van der Waals surface area contributed by atoms with Crippen molar-refractivity contribution in [3.8, 4) is 5.75 Å². The van der Waals surface area contributed by atoms with E-state index < -0.39 is 10.9 Å². The molecular weight excluding hydrogens is 235 g/mol. The molecule has 0 amide bonds. The summed E-state index contributed by atoms with van der Waals surface area (Å²) in [5.74, 6) is 0.724. The second-order valence-electron chi connectivity index (χ2n) is 3.20. The number of alkyl halides is 2. The van der Waals surface area contributed by atoms with E-state index >= 15 is 0 Å². The molecule has 0 aliphatic rings. The van der Waals surface area contributed by atoms with Crippen LogP contribution in [0.15, 0.2) is 24.3 Å². The topological polar surface area (TPSA) is 29.5 Å². The Morgan fingerprint density at radius 2 is 2.13 bits per heavy atom. The Labute approximate surface area is 99.8 Å². The van der Waals surface area contributed by atoms with Gasteiger partial charge in [-0.1, -0.05) is 19.1 Å². The highest BCUT2D eigenvalue weighted by molar-refractivity contribution is 6.44. The average molecular weight is 249 g/mol. The first-order chi connectivity index (χ1) is 7.15. The standard InChI is InChI=1S/C11H14Cl2O2/c1-2-6-15-9-5-3-4-8(7-9)10(14)11(12)13/h3-5,7,10-11,14H,2,6H2,1H3. The Morgan fingerprint density at radius 3 is 2.73 bits per heavy atom. The summed E-state index contributed by atoms with van der Waals surface area (Å²) in [4.78, 5) is -0.827. The summed E-state index contributed by atoms with van der Waals surface area (Å²) in [5.41, 5.74) is 0.665. The van der Waals surface area contributed by atoms with Gasteiger partial charge in [0, 0.05) is 0 Å². The Kier molecular flexibility index (Phi) is 5.23. The minimum absolute atomic E-state index is 0.657. The van der Waals surface area contributed by atoms with Crippen LogP contribution in [0.3, 0.4) is 0 Å². The van der Waals surface area contributed by atoms with Gasteiger partial charge in [-0.2, -0.15) is 0 Å². The molecule has 4 heteroatoms. The van der Waals surface area contributed by atoms with Crippen molar-refractivity contribution in [3.05, 3.63) is 29.8 Å². The lowest BCUT2D eigenvalue weighted by Crippen LogP contribution is -2.06. The molecule has 0 saturated heterocycles. The molecule has 0 spiro atoms. The molecule has 0 heterocycles. The zero-order chi connectivity index (χ0) is 11.3. The zero-order valence-corrected chi connectivity index (χ0v) is 10.0. The maximum absolute atomic E-state index is 9.63. The predicted molar refractivity (Wildman–Crippen MR) is 62.7 cm³/mol. The van der Waals surface area contributed by atoms with E-state index in [1.807, 2.05) is 13.0 Å². The molecule has 1 atom stereocenters. The second-order valence-corrected chi connectivity index (χ2v) is 4.36. The summed E-state index contributed by atoms with van der Waals surface area (Å²) in [6.45, 7) is 2.69. The van der Waals surface area contributed by atoms with Gasteiger partial charge in [0.15, 0.2) is 0 Å². The van der Waals surface area contributed by atoms with Gasteiger partial charge in [0.1, 0.15) is 16.7 Å². The third-order valence-electron chi connectivity index (χ3n) is 1.91. The first-order valence-electron chi connectivity index (χ1n) is 4.84. The van der Waals surface area contributed by atoms with Crippen LogP contribution in [0.2, 0.25) is 0 Å². The Bertz CT molecular complexity index is 302. The number of benzene rings is 1. The lowest BCUT2D eigenvalue weighted by Gasteiger charge is -2.13. The molecule has 0 aliphatic carbocycles. The van der Waals surface area contributed by atoms with Crippen LogP contribution >= 0.6 is 23.2 Å². The summed E-state index contributed by atoms with van der Waals surface area (Å²) in [7, 11) is 0. The summed E-state index contributed by atoms with van der Waals surface area (Å²) in [5, 5.41) is 9.63. The van der Waals surface area contributed by atoms with Gasteiger partial charge in [-0.15, -0.1) is 23.2 Å². The van der Waals surface area contributed by atoms with Crippen LogP contribution < -0.4 is 4.74 Å². The van der Waals surface area contributed by atoms with Gasteiger partial charge < -0.3 is 9.84 Å². The fourth-order valence-electron chi connectivity index (χ4n) is 1.15. The molecule has 1 unspecified atom stereocenters. The van der Waals surface area contributed by atoms with Gasteiger partial charge in [0.05, 0.1) is 6.61 Å². The number of hydrogen-bond donors (Lipinski definition) is 1. The molecule has 1 aromatic rings. The first kappa shape index (κ1) is 12.6. The molecule has 0 bridgehead atoms. The molecule has 1 rings (SSSR count). The molecule has 0 aliphatic heterocycles. The van der Waals surface area contributed by atoms with Crippen molar-refractivity contribution in [2.45, 2.75) is 24.3 Å². The Hall–Kier alpha value is -0.440. The molecule has 1 aromatic carbocycles. The molecular formula is C11H14Cl2O2. The Morgan fingerprint density at radius 1 is 1.40 bits per heavy atom. The van der Waals surface area contributed by atoms with Crippen LogP contribution in [0, 0.1) is 0 Å². The van der Waals surface area contributed by atoms with Gasteiger partial charge in [-0.3, -0.25) is 0 Å². The van der Waals surface area contributed by atoms with Gasteiger partial charge in [0.25, 0.3) is 0 Å². The SMILES string of the molecule is CCCOc1cccc(C(O)C(Cl)Cl)c1. The maximum atomic E-state index is 9.63. The van der Waals surface area contributed by atoms with Crippen molar-refractivity contribution in [2.24, 2.45) is 0 Å². The quantitative estimate of drug-likeness (QED) is 0.811. The van der Waals surface area contributed by atoms with Gasteiger partial charge >= 0.3 is 0 Å². The molecule has 2 nitrogen and oxygen atoms in total. The van der Waals surface area contributed by atoms with Crippen LogP contribution in [0.25, 0.3) is 0 Å². The third kappa shape index (κ3) is 3.90. The van der Waals surface area contributed by atoms with Crippen molar-refractivity contribution in [1.29, 1.82) is 0 Å². The van der Waals surface area contributed by atoms with E-state index in [0.717, 1.165) is 12.2 Å². The number of rotatable bonds is 5. The van der Waals surface area contributed by atoms with Crippen LogP contribution in [-0.2, 0) is 0 Å². The fraction of sp³-hybridized carbons (Fsp3) is 0.455. The van der Waals surface area contributed by atoms with Crippen molar-refractivity contribution >= 4 is 23.2 Å². The number of aliphatic hydroxyl groups excluding tert-OH is 1. The van der Waals surface area contributed by atoms with Gasteiger partial charge in [0.2, 0.25) is 0 Å². The molecule has 0 fully saturated rings. The second kappa shape index (κ2) is 6.21. The lowest BCUT2D eigenvalue weighted by molar-refractivity contribution is 0.192. The van der Waals surface area contributed by atoms with Crippen LogP contribution in [0.5, 0.6) is 5.75 Å². The molecule has 0 aromatic heterocycles. The third-order valence-corrected chi connectivity index (χ3v) is 2.39. The van der Waals surface area contributed by atoms with Gasteiger partial charge in [-0.05, 0) is 24.1 Å². The highest BCUT2D eigenvalue weighted by Crippen LogP contribution is 2.26. The minimum Gasteiger partial charge on any atom is -0.494 e. The summed E-state index contributed by atoms with van der Waals surface area (Å²) < 4.78 is 5.43. The van der Waals surface area contributed by atoms with E-state index in [1.54, 1.807) is 18.2 Å².